The van der Waals surface area contributed by atoms with Crippen molar-refractivity contribution in [2.45, 2.75) is 6.92 Å². The van der Waals surface area contributed by atoms with E-state index in [4.69, 9.17) is 9.47 Å². The number of aromatic hydroxyl groups is 1. The molecule has 2 aromatic carbocycles. The van der Waals surface area contributed by atoms with Gasteiger partial charge < -0.3 is 14.6 Å². The van der Waals surface area contributed by atoms with Crippen LogP contribution in [0.1, 0.15) is 22.8 Å². The number of hydrazone groups is 1. The number of halogens is 2. The summed E-state index contributed by atoms with van der Waals surface area (Å²) in [6.45, 7) is 2.28. The highest BCUT2D eigenvalue weighted by molar-refractivity contribution is 9.10. The van der Waals surface area contributed by atoms with Gasteiger partial charge in [0, 0.05) is 14.5 Å². The Balaban J connectivity index is 2.19. The highest BCUT2D eigenvalue weighted by Crippen LogP contribution is 2.32. The van der Waals surface area contributed by atoms with Crippen molar-refractivity contribution in [1.82, 2.24) is 5.43 Å². The molecule has 0 saturated heterocycles. The second-order valence-corrected chi connectivity index (χ2v) is 6.65. The van der Waals surface area contributed by atoms with Crippen LogP contribution in [-0.4, -0.2) is 30.9 Å². The molecule has 2 rings (SSSR count). The molecular weight excluding hydrogens is 456 g/mol. The SMILES string of the molecule is CCOc1ccc(Br)cc1C(=O)N/N=C/c1cc(Br)cc(OC)c1O. The summed E-state index contributed by atoms with van der Waals surface area (Å²) in [5.74, 6) is 0.266. The Morgan fingerprint density at radius 3 is 2.68 bits per heavy atom. The van der Waals surface area contributed by atoms with Crippen LogP contribution in [0.5, 0.6) is 17.2 Å². The zero-order valence-corrected chi connectivity index (χ0v) is 16.7. The van der Waals surface area contributed by atoms with E-state index in [1.54, 1.807) is 30.3 Å². The molecule has 8 heteroatoms. The van der Waals surface area contributed by atoms with Crippen LogP contribution in [0.15, 0.2) is 44.4 Å². The number of hydrogen-bond donors (Lipinski definition) is 2. The molecule has 0 aliphatic heterocycles. The number of rotatable bonds is 6. The van der Waals surface area contributed by atoms with Gasteiger partial charge in [-0.25, -0.2) is 5.43 Å². The van der Waals surface area contributed by atoms with E-state index in [-0.39, 0.29) is 5.75 Å². The van der Waals surface area contributed by atoms with E-state index in [0.717, 1.165) is 4.47 Å². The molecule has 0 saturated carbocycles. The number of carbonyl (C=O) groups is 1. The van der Waals surface area contributed by atoms with Crippen molar-refractivity contribution < 1.29 is 19.4 Å². The molecule has 0 fully saturated rings. The van der Waals surface area contributed by atoms with Crippen LogP contribution in [0.25, 0.3) is 0 Å². The molecule has 0 unspecified atom stereocenters. The predicted octanol–water partition coefficient (Wildman–Crippen LogP) is 4.09. The lowest BCUT2D eigenvalue weighted by molar-refractivity contribution is 0.0951. The summed E-state index contributed by atoms with van der Waals surface area (Å²) in [4.78, 5) is 12.3. The van der Waals surface area contributed by atoms with Gasteiger partial charge in [-0.1, -0.05) is 31.9 Å². The zero-order valence-electron chi connectivity index (χ0n) is 13.5. The van der Waals surface area contributed by atoms with Crippen molar-refractivity contribution in [2.75, 3.05) is 13.7 Å². The molecule has 0 bridgehead atoms. The van der Waals surface area contributed by atoms with Gasteiger partial charge in [0.2, 0.25) is 0 Å². The van der Waals surface area contributed by atoms with Crippen molar-refractivity contribution in [1.29, 1.82) is 0 Å². The van der Waals surface area contributed by atoms with E-state index in [9.17, 15) is 9.90 Å². The van der Waals surface area contributed by atoms with Gasteiger partial charge >= 0.3 is 0 Å². The lowest BCUT2D eigenvalue weighted by atomic mass is 10.2. The number of hydrogen-bond acceptors (Lipinski definition) is 5. The fourth-order valence-electron chi connectivity index (χ4n) is 2.03. The maximum absolute atomic E-state index is 12.3. The highest BCUT2D eigenvalue weighted by atomic mass is 79.9. The summed E-state index contributed by atoms with van der Waals surface area (Å²) >= 11 is 6.65. The minimum Gasteiger partial charge on any atom is -0.504 e. The third-order valence-corrected chi connectivity index (χ3v) is 4.10. The minimum atomic E-state index is -0.428. The molecule has 0 heterocycles. The molecule has 0 radical (unpaired) electrons. The zero-order chi connectivity index (χ0) is 18.4. The van der Waals surface area contributed by atoms with Crippen molar-refractivity contribution in [3.8, 4) is 17.2 Å². The molecule has 1 amide bonds. The molecule has 2 aromatic rings. The van der Waals surface area contributed by atoms with Crippen LogP contribution >= 0.6 is 31.9 Å². The Hall–Kier alpha value is -2.06. The average Bonchev–Trinajstić information content (AvgIpc) is 2.59. The first-order valence-corrected chi connectivity index (χ1v) is 8.87. The maximum Gasteiger partial charge on any atom is 0.275 e. The van der Waals surface area contributed by atoms with Crippen LogP contribution in [0.2, 0.25) is 0 Å². The number of ether oxygens (including phenoxy) is 2. The fourth-order valence-corrected chi connectivity index (χ4v) is 2.85. The van der Waals surface area contributed by atoms with Crippen LogP contribution < -0.4 is 14.9 Å². The number of phenols is 1. The van der Waals surface area contributed by atoms with Gasteiger partial charge in [-0.3, -0.25) is 4.79 Å². The molecule has 0 atom stereocenters. The van der Waals surface area contributed by atoms with Gasteiger partial charge in [-0.2, -0.15) is 5.10 Å². The first kappa shape index (κ1) is 19.3. The normalized spacial score (nSPS) is 10.7. The van der Waals surface area contributed by atoms with Gasteiger partial charge in [-0.15, -0.1) is 0 Å². The van der Waals surface area contributed by atoms with Crippen molar-refractivity contribution >= 4 is 44.0 Å². The van der Waals surface area contributed by atoms with Crippen LogP contribution in [0.3, 0.4) is 0 Å². The highest BCUT2D eigenvalue weighted by Gasteiger charge is 2.13. The van der Waals surface area contributed by atoms with E-state index in [1.165, 1.54) is 13.3 Å². The van der Waals surface area contributed by atoms with E-state index < -0.39 is 5.91 Å². The second-order valence-electron chi connectivity index (χ2n) is 4.82. The molecule has 25 heavy (non-hydrogen) atoms. The van der Waals surface area contributed by atoms with Crippen LogP contribution in [0, 0.1) is 0 Å². The van der Waals surface area contributed by atoms with E-state index in [0.29, 0.717) is 33.7 Å². The summed E-state index contributed by atoms with van der Waals surface area (Å²) in [5.41, 5.74) is 3.17. The summed E-state index contributed by atoms with van der Waals surface area (Å²) in [5, 5.41) is 14.0. The Bertz CT molecular complexity index is 809. The lowest BCUT2D eigenvalue weighted by Crippen LogP contribution is -2.18. The van der Waals surface area contributed by atoms with Gasteiger partial charge in [0.1, 0.15) is 5.75 Å². The maximum atomic E-state index is 12.3. The lowest BCUT2D eigenvalue weighted by Gasteiger charge is -2.09. The third kappa shape index (κ3) is 4.96. The molecule has 6 nitrogen and oxygen atoms in total. The number of nitrogens with one attached hydrogen (secondary N) is 1. The van der Waals surface area contributed by atoms with Crippen molar-refractivity contribution in [2.24, 2.45) is 5.10 Å². The first-order valence-electron chi connectivity index (χ1n) is 7.28. The molecule has 0 aliphatic rings. The van der Waals surface area contributed by atoms with Gasteiger partial charge in [-0.05, 0) is 37.3 Å². The number of benzene rings is 2. The molecule has 0 aliphatic carbocycles. The Labute approximate surface area is 162 Å². The van der Waals surface area contributed by atoms with E-state index >= 15 is 0 Å². The smallest absolute Gasteiger partial charge is 0.275 e. The van der Waals surface area contributed by atoms with E-state index in [1.807, 2.05) is 6.92 Å². The summed E-state index contributed by atoms with van der Waals surface area (Å²) in [6.07, 6.45) is 1.33. The van der Waals surface area contributed by atoms with Gasteiger partial charge in [0.25, 0.3) is 5.91 Å². The third-order valence-electron chi connectivity index (χ3n) is 3.14. The largest absolute Gasteiger partial charge is 0.504 e. The Morgan fingerprint density at radius 2 is 2.00 bits per heavy atom. The Morgan fingerprint density at radius 1 is 1.24 bits per heavy atom. The molecule has 0 aromatic heterocycles. The number of methoxy groups -OCH3 is 1. The van der Waals surface area contributed by atoms with Crippen LogP contribution in [-0.2, 0) is 0 Å². The topological polar surface area (TPSA) is 80.2 Å². The van der Waals surface area contributed by atoms with Crippen molar-refractivity contribution in [3.05, 3.63) is 50.4 Å². The number of amides is 1. The minimum absolute atomic E-state index is 0.0684. The monoisotopic (exact) mass is 470 g/mol. The standard InChI is InChI=1S/C17H16Br2N2O4/c1-3-25-14-5-4-11(18)7-13(14)17(23)21-20-9-10-6-12(19)8-15(24-2)16(10)22/h4-9,22H,3H2,1-2H3,(H,21,23)/b20-9+. The van der Waals surface area contributed by atoms with E-state index in [2.05, 4.69) is 42.4 Å². The summed E-state index contributed by atoms with van der Waals surface area (Å²) in [6, 6.07) is 8.42. The predicted molar refractivity (Wildman–Crippen MR) is 103 cm³/mol. The number of nitrogens with zero attached hydrogens (tertiary/aromatic N) is 1. The van der Waals surface area contributed by atoms with Gasteiger partial charge in [0.15, 0.2) is 11.5 Å². The molecule has 2 N–H and O–H groups in total. The number of carbonyl (C=O) groups excluding carboxylic acids is 1. The summed E-state index contributed by atoms with van der Waals surface area (Å²) < 4.78 is 12.0. The average molecular weight is 472 g/mol. The molecule has 132 valence electrons. The second kappa shape index (κ2) is 8.87. The van der Waals surface area contributed by atoms with Crippen LogP contribution in [0.4, 0.5) is 0 Å². The molecular formula is C17H16Br2N2O4. The first-order chi connectivity index (χ1) is 12.0. The Kier molecular flexibility index (Phi) is 6.83. The number of phenolic OH excluding ortho intramolecular Hbond substituents is 1. The fraction of sp³-hybridized carbons (Fsp3) is 0.176. The summed E-state index contributed by atoms with van der Waals surface area (Å²) in [7, 11) is 1.45. The molecule has 0 spiro atoms. The van der Waals surface area contributed by atoms with Crippen molar-refractivity contribution in [3.63, 3.8) is 0 Å². The van der Waals surface area contributed by atoms with Gasteiger partial charge in [0.05, 0.1) is 25.5 Å². The quantitative estimate of drug-likeness (QED) is 0.491.